The van der Waals surface area contributed by atoms with Crippen molar-refractivity contribution in [3.8, 4) is 22.5 Å². The molecule has 11 aromatic rings. The standard InChI is InChI=1S/C50H33N5/c1-3-11-37(12-4-1)54(38-13-5-2-6-14-38)40-27-28-47-45(31-40)46-32-51-30-29-48(46)55(47)39-25-21-35(22-26-39)34-19-23-36(24-20-34)53-33-52-49-43-17-9-7-15-41(43)42-16-8-10-18-44(42)50(49)53/h1-33H. The molecule has 0 fully saturated rings. The number of fused-ring (bicyclic) bond motifs is 9. The average molecular weight is 704 g/mol. The third-order valence-electron chi connectivity index (χ3n) is 10.9. The van der Waals surface area contributed by atoms with Crippen molar-refractivity contribution in [1.82, 2.24) is 19.1 Å². The fourth-order valence-electron chi connectivity index (χ4n) is 8.34. The van der Waals surface area contributed by atoms with Gasteiger partial charge in [-0.1, -0.05) is 109 Å². The zero-order valence-electron chi connectivity index (χ0n) is 29.8. The number of rotatable bonds is 6. The topological polar surface area (TPSA) is 38.9 Å². The summed E-state index contributed by atoms with van der Waals surface area (Å²) in [5, 5.41) is 7.13. The number of hydrogen-bond acceptors (Lipinski definition) is 3. The Morgan fingerprint density at radius 2 is 0.982 bits per heavy atom. The molecule has 0 spiro atoms. The Bertz CT molecular complexity index is 3140. The Morgan fingerprint density at radius 1 is 0.418 bits per heavy atom. The van der Waals surface area contributed by atoms with Crippen molar-refractivity contribution in [3.05, 3.63) is 201 Å². The van der Waals surface area contributed by atoms with Crippen molar-refractivity contribution in [2.24, 2.45) is 0 Å². The van der Waals surface area contributed by atoms with Gasteiger partial charge in [-0.15, -0.1) is 0 Å². The van der Waals surface area contributed by atoms with E-state index in [1.165, 1.54) is 21.5 Å². The number of nitrogens with zero attached hydrogens (tertiary/aromatic N) is 5. The Morgan fingerprint density at radius 3 is 1.65 bits per heavy atom. The molecule has 5 nitrogen and oxygen atoms in total. The van der Waals surface area contributed by atoms with Crippen molar-refractivity contribution in [2.75, 3.05) is 4.90 Å². The molecule has 0 aliphatic carbocycles. The SMILES string of the molecule is c1ccc(N(c2ccccc2)c2ccc3c(c2)c2cnccc2n3-c2ccc(-c3ccc(-n4cnc5c6ccccc6c6ccccc6c54)cc3)cc2)cc1. The highest BCUT2D eigenvalue weighted by molar-refractivity contribution is 6.23. The van der Waals surface area contributed by atoms with E-state index in [9.17, 15) is 0 Å². The smallest absolute Gasteiger partial charge is 0.100 e. The van der Waals surface area contributed by atoms with Gasteiger partial charge in [0.25, 0.3) is 0 Å². The van der Waals surface area contributed by atoms with Crippen LogP contribution in [0.25, 0.3) is 76.9 Å². The normalized spacial score (nSPS) is 11.6. The fourth-order valence-corrected chi connectivity index (χ4v) is 8.34. The van der Waals surface area contributed by atoms with E-state index >= 15 is 0 Å². The molecular weight excluding hydrogens is 671 g/mol. The zero-order chi connectivity index (χ0) is 36.3. The third kappa shape index (κ3) is 5.02. The lowest BCUT2D eigenvalue weighted by Crippen LogP contribution is -2.09. The first-order chi connectivity index (χ1) is 27.3. The molecule has 0 unspecified atom stereocenters. The van der Waals surface area contributed by atoms with Crippen LogP contribution < -0.4 is 4.90 Å². The second kappa shape index (κ2) is 12.6. The van der Waals surface area contributed by atoms with Crippen LogP contribution in [0, 0.1) is 0 Å². The summed E-state index contributed by atoms with van der Waals surface area (Å²) in [5.41, 5.74) is 12.2. The molecule has 8 aromatic carbocycles. The van der Waals surface area contributed by atoms with Gasteiger partial charge in [-0.3, -0.25) is 9.55 Å². The molecule has 0 saturated heterocycles. The molecule has 0 amide bonds. The number of anilines is 3. The summed E-state index contributed by atoms with van der Waals surface area (Å²) >= 11 is 0. The number of hydrogen-bond donors (Lipinski definition) is 0. The van der Waals surface area contributed by atoms with Crippen LogP contribution in [-0.2, 0) is 0 Å². The maximum atomic E-state index is 4.93. The molecule has 0 aliphatic rings. The summed E-state index contributed by atoms with van der Waals surface area (Å²) in [6, 6.07) is 64.8. The van der Waals surface area contributed by atoms with E-state index in [0.717, 1.165) is 72.4 Å². The predicted octanol–water partition coefficient (Wildman–Crippen LogP) is 13.0. The van der Waals surface area contributed by atoms with Crippen LogP contribution in [-0.4, -0.2) is 19.1 Å². The van der Waals surface area contributed by atoms with Crippen molar-refractivity contribution in [2.45, 2.75) is 0 Å². The van der Waals surface area contributed by atoms with Gasteiger partial charge in [-0.05, 0) is 94.7 Å². The minimum absolute atomic E-state index is 1.02. The Hall–Kier alpha value is -7.50. The van der Waals surface area contributed by atoms with E-state index < -0.39 is 0 Å². The number of imidazole rings is 1. The highest BCUT2D eigenvalue weighted by Crippen LogP contribution is 2.40. The number of benzene rings is 8. The summed E-state index contributed by atoms with van der Waals surface area (Å²) < 4.78 is 4.56. The van der Waals surface area contributed by atoms with Crippen molar-refractivity contribution in [1.29, 1.82) is 0 Å². The van der Waals surface area contributed by atoms with E-state index in [4.69, 9.17) is 4.98 Å². The van der Waals surface area contributed by atoms with Gasteiger partial charge < -0.3 is 9.47 Å². The molecule has 3 aromatic heterocycles. The first-order valence-electron chi connectivity index (χ1n) is 18.6. The van der Waals surface area contributed by atoms with E-state index in [0.29, 0.717) is 0 Å². The Balaban J connectivity index is 0.962. The van der Waals surface area contributed by atoms with Crippen LogP contribution in [0.4, 0.5) is 17.1 Å². The molecule has 55 heavy (non-hydrogen) atoms. The molecule has 0 N–H and O–H groups in total. The van der Waals surface area contributed by atoms with Crippen LogP contribution in [0.1, 0.15) is 0 Å². The molecule has 11 rings (SSSR count). The van der Waals surface area contributed by atoms with E-state index in [1.54, 1.807) is 0 Å². The molecule has 3 heterocycles. The minimum Gasteiger partial charge on any atom is -0.310 e. The van der Waals surface area contributed by atoms with Gasteiger partial charge in [0.2, 0.25) is 0 Å². The monoisotopic (exact) mass is 703 g/mol. The maximum absolute atomic E-state index is 4.93. The van der Waals surface area contributed by atoms with E-state index in [2.05, 4.69) is 201 Å². The van der Waals surface area contributed by atoms with Gasteiger partial charge in [0.15, 0.2) is 0 Å². The molecule has 0 radical (unpaired) electrons. The molecular formula is C50H33N5. The van der Waals surface area contributed by atoms with Crippen molar-refractivity contribution < 1.29 is 0 Å². The van der Waals surface area contributed by atoms with Crippen molar-refractivity contribution >= 4 is 71.4 Å². The van der Waals surface area contributed by atoms with Gasteiger partial charge >= 0.3 is 0 Å². The largest absolute Gasteiger partial charge is 0.310 e. The maximum Gasteiger partial charge on any atom is 0.100 e. The highest BCUT2D eigenvalue weighted by Gasteiger charge is 2.18. The van der Waals surface area contributed by atoms with Crippen LogP contribution in [0.15, 0.2) is 201 Å². The lowest BCUT2D eigenvalue weighted by Gasteiger charge is -2.25. The van der Waals surface area contributed by atoms with Gasteiger partial charge in [0, 0.05) is 62.4 Å². The summed E-state index contributed by atoms with van der Waals surface area (Å²) in [6.07, 6.45) is 5.82. The number of pyridine rings is 1. The molecule has 0 aliphatic heterocycles. The predicted molar refractivity (Wildman–Crippen MR) is 228 cm³/mol. The van der Waals surface area contributed by atoms with Gasteiger partial charge in [0.05, 0.1) is 22.1 Å². The lowest BCUT2D eigenvalue weighted by molar-refractivity contribution is 1.10. The van der Waals surface area contributed by atoms with Gasteiger partial charge in [-0.25, -0.2) is 4.98 Å². The van der Waals surface area contributed by atoms with E-state index in [1.807, 2.05) is 18.7 Å². The summed E-state index contributed by atoms with van der Waals surface area (Å²) in [5.74, 6) is 0. The van der Waals surface area contributed by atoms with Crippen molar-refractivity contribution in [3.63, 3.8) is 0 Å². The fraction of sp³-hybridized carbons (Fsp3) is 0. The molecule has 0 bridgehead atoms. The lowest BCUT2D eigenvalue weighted by atomic mass is 10.00. The van der Waals surface area contributed by atoms with Crippen LogP contribution >= 0.6 is 0 Å². The second-order valence-corrected chi connectivity index (χ2v) is 13.9. The first-order valence-corrected chi connectivity index (χ1v) is 18.6. The molecule has 0 atom stereocenters. The van der Waals surface area contributed by atoms with E-state index in [-0.39, 0.29) is 0 Å². The highest BCUT2D eigenvalue weighted by atomic mass is 15.1. The average Bonchev–Trinajstić information content (AvgIpc) is 3.85. The Labute approximate surface area is 317 Å². The Kier molecular flexibility index (Phi) is 7.10. The van der Waals surface area contributed by atoms with Crippen LogP contribution in [0.2, 0.25) is 0 Å². The quantitative estimate of drug-likeness (QED) is 0.162. The van der Waals surface area contributed by atoms with Gasteiger partial charge in [-0.2, -0.15) is 0 Å². The minimum atomic E-state index is 1.02. The number of aromatic nitrogens is 4. The summed E-state index contributed by atoms with van der Waals surface area (Å²) in [7, 11) is 0. The molecule has 5 heteroatoms. The second-order valence-electron chi connectivity index (χ2n) is 13.9. The zero-order valence-corrected chi connectivity index (χ0v) is 29.8. The molecule has 258 valence electrons. The van der Waals surface area contributed by atoms with Crippen LogP contribution in [0.3, 0.4) is 0 Å². The molecule has 0 saturated carbocycles. The first kappa shape index (κ1) is 31.1. The summed E-state index contributed by atoms with van der Waals surface area (Å²) in [6.45, 7) is 0. The summed E-state index contributed by atoms with van der Waals surface area (Å²) in [4.78, 5) is 11.8. The number of para-hydroxylation sites is 2. The third-order valence-corrected chi connectivity index (χ3v) is 10.9. The van der Waals surface area contributed by atoms with Crippen LogP contribution in [0.5, 0.6) is 0 Å². The van der Waals surface area contributed by atoms with Gasteiger partial charge in [0.1, 0.15) is 6.33 Å².